The van der Waals surface area contributed by atoms with Crippen molar-refractivity contribution in [1.82, 2.24) is 0 Å². The molecular formula is C8H26N2O2Si3. The SMILES string of the molecule is NCCCC[SiH2]O[SiH2]O[SiH2]CCCCN. The first-order valence-corrected chi connectivity index (χ1v) is 10.3. The van der Waals surface area contributed by atoms with Crippen molar-refractivity contribution < 1.29 is 8.23 Å². The predicted octanol–water partition coefficient (Wildman–Crippen LogP) is -1.50. The molecule has 0 spiro atoms. The van der Waals surface area contributed by atoms with Crippen LogP contribution < -0.4 is 11.5 Å². The summed E-state index contributed by atoms with van der Waals surface area (Å²) >= 11 is 0. The number of hydrogen-bond donors (Lipinski definition) is 2. The number of nitrogens with two attached hydrogens (primary N) is 2. The maximum atomic E-state index is 5.61. The first kappa shape index (κ1) is 15.5. The quantitative estimate of drug-likeness (QED) is 0.333. The van der Waals surface area contributed by atoms with Gasteiger partial charge in [-0.3, -0.25) is 0 Å². The van der Waals surface area contributed by atoms with E-state index in [1.54, 1.807) is 0 Å². The highest BCUT2D eigenvalue weighted by Gasteiger charge is 1.93. The van der Waals surface area contributed by atoms with E-state index < -0.39 is 10.0 Å². The zero-order valence-electron chi connectivity index (χ0n) is 9.75. The lowest BCUT2D eigenvalue weighted by Gasteiger charge is -2.04. The summed E-state index contributed by atoms with van der Waals surface area (Å²) in [4.78, 5) is 0. The highest BCUT2D eigenvalue weighted by Crippen LogP contribution is 1.94. The fourth-order valence-electron chi connectivity index (χ4n) is 1.23. The van der Waals surface area contributed by atoms with Gasteiger partial charge < -0.3 is 19.7 Å². The molecule has 0 bridgehead atoms. The largest absolute Gasteiger partial charge is 0.446 e. The summed E-state index contributed by atoms with van der Waals surface area (Å²) in [6.45, 7) is 1.63. The Labute approximate surface area is 100 Å². The van der Waals surface area contributed by atoms with Crippen LogP contribution in [0.3, 0.4) is 0 Å². The second-order valence-electron chi connectivity index (χ2n) is 3.63. The van der Waals surface area contributed by atoms with E-state index in [9.17, 15) is 0 Å². The van der Waals surface area contributed by atoms with Gasteiger partial charge in [-0.15, -0.1) is 0 Å². The average molecular weight is 267 g/mol. The van der Waals surface area contributed by atoms with Gasteiger partial charge in [-0.2, -0.15) is 0 Å². The Bertz CT molecular complexity index is 110. The predicted molar refractivity (Wildman–Crippen MR) is 74.0 cm³/mol. The minimum absolute atomic E-state index is 0.269. The summed E-state index contributed by atoms with van der Waals surface area (Å²) in [5.74, 6) is 0. The summed E-state index contributed by atoms with van der Waals surface area (Å²) in [7, 11) is -1.14. The van der Waals surface area contributed by atoms with Crippen LogP contribution >= 0.6 is 0 Å². The Balaban J connectivity index is 2.81. The molecule has 0 rings (SSSR count). The Morgan fingerprint density at radius 1 is 0.733 bits per heavy atom. The molecule has 15 heavy (non-hydrogen) atoms. The van der Waals surface area contributed by atoms with Gasteiger partial charge in [0.25, 0.3) is 10.0 Å². The van der Waals surface area contributed by atoms with Gasteiger partial charge in [-0.05, 0) is 38.0 Å². The third-order valence-electron chi connectivity index (χ3n) is 2.15. The van der Waals surface area contributed by atoms with Gasteiger partial charge in [0.2, 0.25) is 0 Å². The van der Waals surface area contributed by atoms with Gasteiger partial charge in [0, 0.05) is 0 Å². The molecule has 0 aliphatic carbocycles. The van der Waals surface area contributed by atoms with Crippen molar-refractivity contribution in [3.05, 3.63) is 0 Å². The average Bonchev–Trinajstić information content (AvgIpc) is 2.26. The smallest absolute Gasteiger partial charge is 0.283 e. The number of hydrogen-bond acceptors (Lipinski definition) is 4. The van der Waals surface area contributed by atoms with Gasteiger partial charge in [-0.25, -0.2) is 0 Å². The third-order valence-corrected chi connectivity index (χ3v) is 7.37. The second kappa shape index (κ2) is 14.5. The topological polar surface area (TPSA) is 70.5 Å². The van der Waals surface area contributed by atoms with Crippen LogP contribution in [0.1, 0.15) is 25.7 Å². The van der Waals surface area contributed by atoms with Gasteiger partial charge >= 0.3 is 0 Å². The molecule has 0 amide bonds. The van der Waals surface area contributed by atoms with Gasteiger partial charge in [0.05, 0.1) is 0 Å². The summed E-state index contributed by atoms with van der Waals surface area (Å²) in [5.41, 5.74) is 10.8. The lowest BCUT2D eigenvalue weighted by Crippen LogP contribution is -2.11. The number of unbranched alkanes of at least 4 members (excludes halogenated alkanes) is 2. The molecule has 0 unspecified atom stereocenters. The first-order valence-electron chi connectivity index (χ1n) is 5.97. The second-order valence-corrected chi connectivity index (χ2v) is 9.37. The zero-order chi connectivity index (χ0) is 11.2. The lowest BCUT2D eigenvalue weighted by molar-refractivity contribution is 0.488. The van der Waals surface area contributed by atoms with Crippen LogP contribution in [0.2, 0.25) is 12.1 Å². The Morgan fingerprint density at radius 3 is 1.60 bits per heavy atom. The highest BCUT2D eigenvalue weighted by molar-refractivity contribution is 6.45. The van der Waals surface area contributed by atoms with Gasteiger partial charge in [0.1, 0.15) is 19.5 Å². The molecule has 0 atom stereocenters. The summed E-state index contributed by atoms with van der Waals surface area (Å²) in [6.07, 6.45) is 4.77. The van der Waals surface area contributed by atoms with E-state index in [4.69, 9.17) is 19.7 Å². The van der Waals surface area contributed by atoms with E-state index in [2.05, 4.69) is 0 Å². The molecule has 0 fully saturated rings. The summed E-state index contributed by atoms with van der Waals surface area (Å²) < 4.78 is 11.2. The minimum atomic E-state index is -0.596. The molecule has 0 aromatic rings. The fourth-order valence-corrected chi connectivity index (χ4v) is 6.45. The molecule has 0 aromatic heterocycles. The van der Waals surface area contributed by atoms with Crippen molar-refractivity contribution in [2.24, 2.45) is 11.5 Å². The Hall–Kier alpha value is 0.491. The first-order chi connectivity index (χ1) is 7.41. The van der Waals surface area contributed by atoms with Crippen LogP contribution in [0, 0.1) is 0 Å². The lowest BCUT2D eigenvalue weighted by atomic mass is 10.3. The Kier molecular flexibility index (Phi) is 15.0. The molecule has 4 N–H and O–H groups in total. The molecule has 4 nitrogen and oxygen atoms in total. The molecule has 0 heterocycles. The molecule has 0 aromatic carbocycles. The fraction of sp³-hybridized carbons (Fsp3) is 1.00. The van der Waals surface area contributed by atoms with Crippen molar-refractivity contribution in [3.63, 3.8) is 0 Å². The maximum Gasteiger partial charge on any atom is 0.283 e. The van der Waals surface area contributed by atoms with Crippen molar-refractivity contribution in [2.45, 2.75) is 37.8 Å². The molecule has 7 heteroatoms. The Morgan fingerprint density at radius 2 is 1.20 bits per heavy atom. The highest BCUT2D eigenvalue weighted by atomic mass is 28.4. The van der Waals surface area contributed by atoms with E-state index in [1.807, 2.05) is 0 Å². The van der Waals surface area contributed by atoms with E-state index in [0.717, 1.165) is 25.9 Å². The summed E-state index contributed by atoms with van der Waals surface area (Å²) in [5, 5.41) is 0. The van der Waals surface area contributed by atoms with Crippen molar-refractivity contribution in [3.8, 4) is 0 Å². The van der Waals surface area contributed by atoms with Crippen molar-refractivity contribution in [2.75, 3.05) is 13.1 Å². The van der Waals surface area contributed by atoms with E-state index in [-0.39, 0.29) is 19.5 Å². The summed E-state index contributed by atoms with van der Waals surface area (Å²) in [6, 6.07) is 2.53. The maximum absolute atomic E-state index is 5.61. The monoisotopic (exact) mass is 266 g/mol. The van der Waals surface area contributed by atoms with Gasteiger partial charge in [-0.1, -0.05) is 12.8 Å². The van der Waals surface area contributed by atoms with Crippen molar-refractivity contribution in [1.29, 1.82) is 0 Å². The van der Waals surface area contributed by atoms with Crippen molar-refractivity contribution >= 4 is 29.5 Å². The molecule has 0 aliphatic heterocycles. The van der Waals surface area contributed by atoms with Gasteiger partial charge in [0.15, 0.2) is 0 Å². The van der Waals surface area contributed by atoms with Crippen LogP contribution in [0.25, 0.3) is 0 Å². The van der Waals surface area contributed by atoms with E-state index in [1.165, 1.54) is 24.9 Å². The molecule has 0 saturated carbocycles. The molecule has 92 valence electrons. The molecule has 0 aliphatic rings. The van der Waals surface area contributed by atoms with Crippen LogP contribution in [0.5, 0.6) is 0 Å². The molecule has 0 saturated heterocycles. The molecule has 0 radical (unpaired) electrons. The van der Waals surface area contributed by atoms with E-state index in [0.29, 0.717) is 0 Å². The van der Waals surface area contributed by atoms with Crippen LogP contribution in [-0.2, 0) is 8.23 Å². The van der Waals surface area contributed by atoms with E-state index >= 15 is 0 Å². The molecular weight excluding hydrogens is 240 g/mol. The van der Waals surface area contributed by atoms with Crippen LogP contribution in [0.4, 0.5) is 0 Å². The van der Waals surface area contributed by atoms with Crippen LogP contribution in [-0.4, -0.2) is 42.6 Å². The number of rotatable bonds is 12. The normalized spacial score (nSPS) is 13.2. The van der Waals surface area contributed by atoms with Crippen LogP contribution in [0.15, 0.2) is 0 Å². The zero-order valence-corrected chi connectivity index (χ0v) is 14.0. The standard InChI is InChI=1S/C8H26N2O2Si3/c9-5-1-3-7-13-11-15-12-14-8-4-2-6-10/h1-10,13-15H2. The third kappa shape index (κ3) is 14.5. The minimum Gasteiger partial charge on any atom is -0.446 e.